The molecule has 1 aliphatic carbocycles. The van der Waals surface area contributed by atoms with E-state index in [-0.39, 0.29) is 17.3 Å². The number of nitrogens with one attached hydrogen (secondary N) is 2. The standard InChI is InChI=1S/C23H24N2O4S/c26-22(23(13-4-5-14-23)18-8-2-1-3-9-18)25-19-10-6-12-21(16-19)30(27,28)24-17-20-11-7-15-29-20/h1-3,6-12,15-16,24H,4-5,13-14,17H2,(H,25,26). The second kappa shape index (κ2) is 8.45. The number of anilines is 1. The zero-order chi connectivity index (χ0) is 21.0. The molecule has 0 saturated heterocycles. The van der Waals surface area contributed by atoms with Gasteiger partial charge in [0.05, 0.1) is 23.1 Å². The van der Waals surface area contributed by atoms with Gasteiger partial charge in [-0.05, 0) is 48.7 Å². The first kappa shape index (κ1) is 20.4. The minimum absolute atomic E-state index is 0.0586. The van der Waals surface area contributed by atoms with E-state index in [9.17, 15) is 13.2 Å². The summed E-state index contributed by atoms with van der Waals surface area (Å²) < 4.78 is 33.0. The van der Waals surface area contributed by atoms with Gasteiger partial charge in [0.1, 0.15) is 5.76 Å². The summed E-state index contributed by atoms with van der Waals surface area (Å²) in [5.41, 5.74) is 0.889. The molecule has 30 heavy (non-hydrogen) atoms. The van der Waals surface area contributed by atoms with Gasteiger partial charge in [-0.3, -0.25) is 4.79 Å². The molecule has 0 atom stereocenters. The van der Waals surface area contributed by atoms with Gasteiger partial charge in [0.2, 0.25) is 15.9 Å². The zero-order valence-electron chi connectivity index (χ0n) is 16.5. The highest BCUT2D eigenvalue weighted by molar-refractivity contribution is 7.89. The fourth-order valence-corrected chi connectivity index (χ4v) is 5.08. The van der Waals surface area contributed by atoms with E-state index in [2.05, 4.69) is 10.0 Å². The van der Waals surface area contributed by atoms with Crippen molar-refractivity contribution in [3.05, 3.63) is 84.3 Å². The summed E-state index contributed by atoms with van der Waals surface area (Å²) in [5, 5.41) is 2.96. The van der Waals surface area contributed by atoms with E-state index in [1.807, 2.05) is 30.3 Å². The maximum Gasteiger partial charge on any atom is 0.241 e. The number of hydrogen-bond acceptors (Lipinski definition) is 4. The first-order chi connectivity index (χ1) is 14.5. The molecule has 0 aliphatic heterocycles. The number of amides is 1. The number of rotatable bonds is 7. The monoisotopic (exact) mass is 424 g/mol. The Morgan fingerprint density at radius 3 is 2.43 bits per heavy atom. The maximum absolute atomic E-state index is 13.3. The molecule has 1 heterocycles. The molecule has 1 saturated carbocycles. The predicted molar refractivity (Wildman–Crippen MR) is 114 cm³/mol. The van der Waals surface area contributed by atoms with Crippen LogP contribution in [0, 0.1) is 0 Å². The van der Waals surface area contributed by atoms with Gasteiger partial charge >= 0.3 is 0 Å². The van der Waals surface area contributed by atoms with Crippen molar-refractivity contribution in [2.75, 3.05) is 5.32 Å². The highest BCUT2D eigenvalue weighted by atomic mass is 32.2. The van der Waals surface area contributed by atoms with Gasteiger partial charge in [0, 0.05) is 5.69 Å². The highest BCUT2D eigenvalue weighted by Crippen LogP contribution is 2.42. The lowest BCUT2D eigenvalue weighted by Crippen LogP contribution is -2.38. The third-order valence-electron chi connectivity index (χ3n) is 5.64. The third-order valence-corrected chi connectivity index (χ3v) is 7.04. The minimum Gasteiger partial charge on any atom is -0.468 e. The first-order valence-corrected chi connectivity index (χ1v) is 11.5. The van der Waals surface area contributed by atoms with Gasteiger partial charge in [-0.15, -0.1) is 0 Å². The van der Waals surface area contributed by atoms with Crippen molar-refractivity contribution in [3.8, 4) is 0 Å². The lowest BCUT2D eigenvalue weighted by Gasteiger charge is -2.28. The second-order valence-corrected chi connectivity index (χ2v) is 9.31. The normalized spacial score (nSPS) is 15.7. The van der Waals surface area contributed by atoms with E-state index in [0.29, 0.717) is 11.4 Å². The molecular weight excluding hydrogens is 400 g/mol. The van der Waals surface area contributed by atoms with E-state index in [0.717, 1.165) is 31.2 Å². The molecule has 0 unspecified atom stereocenters. The summed E-state index contributed by atoms with van der Waals surface area (Å²) in [6, 6.07) is 19.5. The SMILES string of the molecule is O=C(Nc1cccc(S(=O)(=O)NCc2ccco2)c1)C1(c2ccccc2)CCCC1. The molecule has 7 heteroatoms. The average molecular weight is 425 g/mol. The fourth-order valence-electron chi connectivity index (χ4n) is 4.04. The van der Waals surface area contributed by atoms with E-state index >= 15 is 0 Å². The smallest absolute Gasteiger partial charge is 0.241 e. The van der Waals surface area contributed by atoms with Gasteiger partial charge in [-0.2, -0.15) is 0 Å². The van der Waals surface area contributed by atoms with Crippen LogP contribution < -0.4 is 10.0 Å². The molecule has 6 nitrogen and oxygen atoms in total. The number of hydrogen-bond donors (Lipinski definition) is 2. The van der Waals surface area contributed by atoms with Crippen molar-refractivity contribution in [1.29, 1.82) is 0 Å². The van der Waals surface area contributed by atoms with Gasteiger partial charge in [0.15, 0.2) is 0 Å². The lowest BCUT2D eigenvalue weighted by atomic mass is 9.78. The summed E-state index contributed by atoms with van der Waals surface area (Å²) >= 11 is 0. The van der Waals surface area contributed by atoms with Crippen molar-refractivity contribution < 1.29 is 17.6 Å². The molecule has 2 N–H and O–H groups in total. The fraction of sp³-hybridized carbons (Fsp3) is 0.261. The number of sulfonamides is 1. The molecule has 156 valence electrons. The van der Waals surface area contributed by atoms with Crippen LogP contribution in [-0.2, 0) is 26.8 Å². The quantitative estimate of drug-likeness (QED) is 0.595. The van der Waals surface area contributed by atoms with Crippen LogP contribution in [0.15, 0.2) is 82.3 Å². The van der Waals surface area contributed by atoms with Crippen molar-refractivity contribution in [3.63, 3.8) is 0 Å². The summed E-state index contributed by atoms with van der Waals surface area (Å²) in [6.07, 6.45) is 5.04. The van der Waals surface area contributed by atoms with Gasteiger partial charge in [0.25, 0.3) is 0 Å². The molecule has 2 aromatic carbocycles. The summed E-state index contributed by atoms with van der Waals surface area (Å²) in [4.78, 5) is 13.4. The van der Waals surface area contributed by atoms with Crippen molar-refractivity contribution >= 4 is 21.6 Å². The number of carbonyl (C=O) groups is 1. The Bertz CT molecular complexity index is 1100. The molecule has 0 radical (unpaired) electrons. The van der Waals surface area contributed by atoms with Gasteiger partial charge in [-0.25, -0.2) is 13.1 Å². The Kier molecular flexibility index (Phi) is 5.74. The van der Waals surface area contributed by atoms with Crippen molar-refractivity contribution in [2.45, 2.75) is 42.5 Å². The predicted octanol–water partition coefficient (Wildman–Crippen LogP) is 4.21. The Morgan fingerprint density at radius 2 is 1.73 bits per heavy atom. The van der Waals surface area contributed by atoms with Crippen LogP contribution in [0.2, 0.25) is 0 Å². The van der Waals surface area contributed by atoms with Crippen LogP contribution in [0.1, 0.15) is 37.0 Å². The zero-order valence-corrected chi connectivity index (χ0v) is 17.3. The van der Waals surface area contributed by atoms with Crippen molar-refractivity contribution in [1.82, 2.24) is 4.72 Å². The largest absolute Gasteiger partial charge is 0.468 e. The molecular formula is C23H24N2O4S. The highest BCUT2D eigenvalue weighted by Gasteiger charge is 2.42. The Hall–Kier alpha value is -2.90. The number of carbonyl (C=O) groups excluding carboxylic acids is 1. The third kappa shape index (κ3) is 4.17. The minimum atomic E-state index is -3.74. The molecule has 4 rings (SSSR count). The van der Waals surface area contributed by atoms with Gasteiger partial charge < -0.3 is 9.73 Å². The number of furan rings is 1. The molecule has 1 amide bonds. The summed E-state index contributed by atoms with van der Waals surface area (Å²) in [5.74, 6) is 0.429. The second-order valence-electron chi connectivity index (χ2n) is 7.54. The van der Waals surface area contributed by atoms with E-state index in [4.69, 9.17) is 4.42 Å². The van der Waals surface area contributed by atoms with Crippen LogP contribution in [0.25, 0.3) is 0 Å². The van der Waals surface area contributed by atoms with E-state index in [1.54, 1.807) is 24.3 Å². The maximum atomic E-state index is 13.3. The van der Waals surface area contributed by atoms with Crippen LogP contribution in [-0.4, -0.2) is 14.3 Å². The molecule has 1 aliphatic rings. The Morgan fingerprint density at radius 1 is 0.967 bits per heavy atom. The van der Waals surface area contributed by atoms with Crippen LogP contribution in [0.4, 0.5) is 5.69 Å². The van der Waals surface area contributed by atoms with Crippen LogP contribution >= 0.6 is 0 Å². The van der Waals surface area contributed by atoms with Crippen LogP contribution in [0.3, 0.4) is 0 Å². The van der Waals surface area contributed by atoms with E-state index < -0.39 is 15.4 Å². The first-order valence-electron chi connectivity index (χ1n) is 9.99. The van der Waals surface area contributed by atoms with Crippen molar-refractivity contribution in [2.24, 2.45) is 0 Å². The molecule has 3 aromatic rings. The lowest BCUT2D eigenvalue weighted by molar-refractivity contribution is -0.121. The van der Waals surface area contributed by atoms with E-state index in [1.165, 1.54) is 18.4 Å². The molecule has 0 bridgehead atoms. The summed E-state index contributed by atoms with van der Waals surface area (Å²) in [6.45, 7) is 0.0586. The Labute approximate surface area is 176 Å². The number of benzene rings is 2. The topological polar surface area (TPSA) is 88.4 Å². The van der Waals surface area contributed by atoms with Gasteiger partial charge in [-0.1, -0.05) is 49.2 Å². The molecule has 1 fully saturated rings. The molecule has 0 spiro atoms. The Balaban J connectivity index is 1.53. The summed E-state index contributed by atoms with van der Waals surface area (Å²) in [7, 11) is -3.74. The van der Waals surface area contributed by atoms with Crippen LogP contribution in [0.5, 0.6) is 0 Å². The molecule has 1 aromatic heterocycles. The average Bonchev–Trinajstić information content (AvgIpc) is 3.46.